The van der Waals surface area contributed by atoms with Crippen molar-refractivity contribution in [2.75, 3.05) is 20.7 Å². The Morgan fingerprint density at radius 3 is 2.57 bits per heavy atom. The predicted molar refractivity (Wildman–Crippen MR) is 80.6 cm³/mol. The van der Waals surface area contributed by atoms with E-state index >= 15 is 0 Å². The molecular weight excluding hydrogens is 268 g/mol. The number of nitrogens with zero attached hydrogens (tertiary/aromatic N) is 1. The largest absolute Gasteiger partial charge is 0.497 e. The summed E-state index contributed by atoms with van der Waals surface area (Å²) in [5.74, 6) is 0.749. The van der Waals surface area contributed by atoms with E-state index in [1.807, 2.05) is 11.8 Å². The van der Waals surface area contributed by atoms with Gasteiger partial charge in [-0.3, -0.25) is 14.5 Å². The molecule has 0 saturated carbocycles. The summed E-state index contributed by atoms with van der Waals surface area (Å²) in [7, 11) is 3.23. The fourth-order valence-corrected chi connectivity index (χ4v) is 2.85. The third-order valence-corrected chi connectivity index (χ3v) is 4.09. The maximum absolute atomic E-state index is 12.6. The molecule has 0 aromatic heterocycles. The molecule has 1 aromatic carbocycles. The molecule has 1 amide bonds. The second-order valence-electron chi connectivity index (χ2n) is 5.28. The normalized spacial score (nSPS) is 20.0. The molecular formula is C16H22N2O3. The molecule has 1 aromatic rings. The van der Waals surface area contributed by atoms with Gasteiger partial charge in [-0.1, -0.05) is 0 Å². The maximum atomic E-state index is 12.6. The summed E-state index contributed by atoms with van der Waals surface area (Å²) >= 11 is 0. The van der Waals surface area contributed by atoms with Crippen LogP contribution in [-0.4, -0.2) is 49.4 Å². The number of methoxy groups -OCH3 is 1. The Morgan fingerprint density at radius 2 is 2.00 bits per heavy atom. The number of carbonyl (C=O) groups excluding carboxylic acids is 2. The van der Waals surface area contributed by atoms with Gasteiger partial charge in [-0.15, -0.1) is 0 Å². The zero-order valence-corrected chi connectivity index (χ0v) is 12.8. The van der Waals surface area contributed by atoms with E-state index in [-0.39, 0.29) is 23.8 Å². The van der Waals surface area contributed by atoms with Crippen LogP contribution in [0.15, 0.2) is 24.3 Å². The second-order valence-corrected chi connectivity index (χ2v) is 5.28. The Morgan fingerprint density at radius 1 is 1.33 bits per heavy atom. The highest BCUT2D eigenvalue weighted by molar-refractivity contribution is 6.00. The number of likely N-dealkylation sites (N-methyl/N-ethyl adjacent to an activating group) is 1. The second kappa shape index (κ2) is 6.72. The number of ether oxygens (including phenoxy) is 1. The van der Waals surface area contributed by atoms with Crippen molar-refractivity contribution in [1.29, 1.82) is 0 Å². The van der Waals surface area contributed by atoms with Crippen LogP contribution < -0.4 is 10.1 Å². The Hall–Kier alpha value is -1.88. The lowest BCUT2D eigenvalue weighted by molar-refractivity contribution is -0.125. The number of benzene rings is 1. The van der Waals surface area contributed by atoms with E-state index in [1.165, 1.54) is 0 Å². The van der Waals surface area contributed by atoms with Gasteiger partial charge in [-0.25, -0.2) is 0 Å². The summed E-state index contributed by atoms with van der Waals surface area (Å²) in [6.45, 7) is 2.65. The van der Waals surface area contributed by atoms with Crippen molar-refractivity contribution in [3.8, 4) is 5.75 Å². The van der Waals surface area contributed by atoms with Crippen LogP contribution in [0.2, 0.25) is 0 Å². The van der Waals surface area contributed by atoms with Crippen molar-refractivity contribution < 1.29 is 14.3 Å². The number of amides is 1. The summed E-state index contributed by atoms with van der Waals surface area (Å²) in [6.07, 6.45) is 1.75. The number of likely N-dealkylation sites (tertiary alicyclic amines) is 1. The van der Waals surface area contributed by atoms with Crippen molar-refractivity contribution in [2.45, 2.75) is 31.8 Å². The molecule has 0 radical (unpaired) electrons. The molecule has 5 heteroatoms. The van der Waals surface area contributed by atoms with Crippen LogP contribution in [0.3, 0.4) is 0 Å². The summed E-state index contributed by atoms with van der Waals surface area (Å²) in [5, 5.41) is 2.68. The molecule has 1 N–H and O–H groups in total. The Kier molecular flexibility index (Phi) is 4.96. The average Bonchev–Trinajstić information content (AvgIpc) is 3.02. The standard InChI is InChI=1S/C16H22N2O3/c1-11(18-10-4-5-14(18)16(20)17-2)15(19)12-6-8-13(21-3)9-7-12/h6-9,11,14H,4-5,10H2,1-3H3,(H,17,20). The quantitative estimate of drug-likeness (QED) is 0.835. The molecule has 1 aliphatic heterocycles. The van der Waals surface area contributed by atoms with E-state index in [0.29, 0.717) is 5.56 Å². The number of hydrogen-bond donors (Lipinski definition) is 1. The van der Waals surface area contributed by atoms with E-state index in [2.05, 4.69) is 5.32 Å². The lowest BCUT2D eigenvalue weighted by Gasteiger charge is -2.28. The third-order valence-electron chi connectivity index (χ3n) is 4.09. The van der Waals surface area contributed by atoms with E-state index in [4.69, 9.17) is 4.74 Å². The molecule has 1 aliphatic rings. The Balaban J connectivity index is 2.12. The number of carbonyl (C=O) groups is 2. The van der Waals surface area contributed by atoms with Gasteiger partial charge in [-0.05, 0) is 50.6 Å². The van der Waals surface area contributed by atoms with E-state index in [1.54, 1.807) is 38.4 Å². The molecule has 5 nitrogen and oxygen atoms in total. The van der Waals surface area contributed by atoms with Crippen LogP contribution in [0.4, 0.5) is 0 Å². The van der Waals surface area contributed by atoms with Gasteiger partial charge in [0.25, 0.3) is 0 Å². The fraction of sp³-hybridized carbons (Fsp3) is 0.500. The van der Waals surface area contributed by atoms with Crippen LogP contribution in [-0.2, 0) is 4.79 Å². The molecule has 2 rings (SSSR count). The molecule has 1 heterocycles. The van der Waals surface area contributed by atoms with Crippen LogP contribution >= 0.6 is 0 Å². The molecule has 0 bridgehead atoms. The van der Waals surface area contributed by atoms with E-state index in [9.17, 15) is 9.59 Å². The van der Waals surface area contributed by atoms with E-state index < -0.39 is 0 Å². The van der Waals surface area contributed by atoms with Gasteiger partial charge in [0.15, 0.2) is 5.78 Å². The first kappa shape index (κ1) is 15.5. The minimum Gasteiger partial charge on any atom is -0.497 e. The van der Waals surface area contributed by atoms with Gasteiger partial charge >= 0.3 is 0 Å². The lowest BCUT2D eigenvalue weighted by atomic mass is 10.0. The zero-order valence-electron chi connectivity index (χ0n) is 12.8. The van der Waals surface area contributed by atoms with Crippen molar-refractivity contribution in [3.05, 3.63) is 29.8 Å². The number of hydrogen-bond acceptors (Lipinski definition) is 4. The number of rotatable bonds is 5. The molecule has 0 spiro atoms. The summed E-state index contributed by atoms with van der Waals surface area (Å²) in [6, 6.07) is 6.58. The number of ketones is 1. The first-order valence-corrected chi connectivity index (χ1v) is 7.24. The highest BCUT2D eigenvalue weighted by Crippen LogP contribution is 2.23. The highest BCUT2D eigenvalue weighted by Gasteiger charge is 2.36. The Bertz CT molecular complexity index is 513. The van der Waals surface area contributed by atoms with Crippen LogP contribution in [0.5, 0.6) is 5.75 Å². The summed E-state index contributed by atoms with van der Waals surface area (Å²) in [4.78, 5) is 26.5. The molecule has 21 heavy (non-hydrogen) atoms. The average molecular weight is 290 g/mol. The van der Waals surface area contributed by atoms with Gasteiger partial charge in [0.2, 0.25) is 5.91 Å². The topological polar surface area (TPSA) is 58.6 Å². The molecule has 1 fully saturated rings. The predicted octanol–water partition coefficient (Wildman–Crippen LogP) is 1.48. The maximum Gasteiger partial charge on any atom is 0.237 e. The van der Waals surface area contributed by atoms with Crippen LogP contribution in [0.25, 0.3) is 0 Å². The minimum absolute atomic E-state index is 0.0121. The van der Waals surface area contributed by atoms with Crippen molar-refractivity contribution in [1.82, 2.24) is 10.2 Å². The zero-order chi connectivity index (χ0) is 15.4. The smallest absolute Gasteiger partial charge is 0.237 e. The summed E-state index contributed by atoms with van der Waals surface area (Å²) < 4.78 is 5.10. The van der Waals surface area contributed by atoms with Crippen molar-refractivity contribution in [2.24, 2.45) is 0 Å². The van der Waals surface area contributed by atoms with Crippen molar-refractivity contribution in [3.63, 3.8) is 0 Å². The van der Waals surface area contributed by atoms with Gasteiger partial charge in [0.05, 0.1) is 19.2 Å². The van der Waals surface area contributed by atoms with Gasteiger partial charge < -0.3 is 10.1 Å². The first-order chi connectivity index (χ1) is 10.1. The molecule has 1 saturated heterocycles. The van der Waals surface area contributed by atoms with Crippen molar-refractivity contribution >= 4 is 11.7 Å². The van der Waals surface area contributed by atoms with E-state index in [0.717, 1.165) is 25.1 Å². The SMILES string of the molecule is CNC(=O)C1CCCN1C(C)C(=O)c1ccc(OC)cc1. The van der Waals surface area contributed by atoms with Gasteiger partial charge in [0.1, 0.15) is 5.75 Å². The van der Waals surface area contributed by atoms with Gasteiger partial charge in [-0.2, -0.15) is 0 Å². The number of Topliss-reactive ketones (excluding diaryl/α,β-unsaturated/α-hetero) is 1. The van der Waals surface area contributed by atoms with Crippen LogP contribution in [0, 0.1) is 0 Å². The van der Waals surface area contributed by atoms with Gasteiger partial charge in [0, 0.05) is 12.6 Å². The molecule has 114 valence electrons. The third kappa shape index (κ3) is 3.24. The molecule has 0 aliphatic carbocycles. The fourth-order valence-electron chi connectivity index (χ4n) is 2.85. The first-order valence-electron chi connectivity index (χ1n) is 7.24. The monoisotopic (exact) mass is 290 g/mol. The lowest BCUT2D eigenvalue weighted by Crippen LogP contribution is -2.48. The Labute approximate surface area is 125 Å². The van der Waals surface area contributed by atoms with Crippen LogP contribution in [0.1, 0.15) is 30.1 Å². The molecule has 2 atom stereocenters. The molecule has 2 unspecified atom stereocenters. The number of nitrogens with one attached hydrogen (secondary N) is 1. The highest BCUT2D eigenvalue weighted by atomic mass is 16.5. The summed E-state index contributed by atoms with van der Waals surface area (Å²) in [5.41, 5.74) is 0.644. The minimum atomic E-state index is -0.303.